The van der Waals surface area contributed by atoms with Gasteiger partial charge in [0.1, 0.15) is 78.5 Å². The number of carboxylic acids is 4. The summed E-state index contributed by atoms with van der Waals surface area (Å²) in [5.74, 6) is -25.5. The number of carboxylic acid groups (broad SMARTS) is 4. The van der Waals surface area contributed by atoms with Gasteiger partial charge < -0.3 is 122 Å². The van der Waals surface area contributed by atoms with Crippen LogP contribution < -0.4 is 91.6 Å². The number of rotatable bonds is 54. The van der Waals surface area contributed by atoms with E-state index in [-0.39, 0.29) is 49.9 Å². The Bertz CT molecular complexity index is 3580. The molecule has 115 heavy (non-hydrogen) atoms. The average molecular weight is 1630 g/mol. The number of carbonyl (C=O) groups excluding carboxylic acids is 16. The predicted molar refractivity (Wildman–Crippen MR) is 405 cm³/mol. The zero-order chi connectivity index (χ0) is 88.0. The van der Waals surface area contributed by atoms with Crippen LogP contribution in [0.2, 0.25) is 0 Å². The predicted octanol–water partition coefficient (Wildman–Crippen LogP) is -6.75. The summed E-state index contributed by atoms with van der Waals surface area (Å²) in [6.07, 6.45) is -7.16. The summed E-state index contributed by atoms with van der Waals surface area (Å²) in [6.45, 7) is 16.4. The number of nitrogens with two attached hydrogens (primary N) is 3. The fourth-order valence-corrected chi connectivity index (χ4v) is 11.0. The fourth-order valence-electron chi connectivity index (χ4n) is 11.0. The molecule has 43 heteroatoms. The van der Waals surface area contributed by atoms with Crippen molar-refractivity contribution in [3.63, 3.8) is 0 Å². The maximum absolute atomic E-state index is 14.5. The lowest BCUT2D eigenvalue weighted by atomic mass is 9.97. The van der Waals surface area contributed by atoms with E-state index in [9.17, 15) is 116 Å². The Morgan fingerprint density at radius 1 is 0.357 bits per heavy atom. The SMILES string of the molecule is CC(C)C[C@H](NC(=O)CNC(=O)[C@H](Cc1ccccc1)NC(=O)[C@@H](NC(=O)[C@H](CC(C)C)NC(=O)[C@H](CC(C)C)NC(=O)[C@H](CCC(N)=O)NC(=O)[C@@H](NC(=O)[C@H](CCC(=O)O)NC(=O)[C@@H](N)CCC(=O)O)C(C)C)C(C)C)C(=O)N[C@H](C(=O)N[C@@H](C)C(=O)N[C@@H](CC(N)=O)C(=O)N[C@@H](CO)C(=O)N[C@@H](CC(=O)O)C(=O)O)[C@@H](C)O. The van der Waals surface area contributed by atoms with Crippen LogP contribution in [-0.2, 0) is 102 Å². The number of benzene rings is 1. The van der Waals surface area contributed by atoms with Crippen molar-refractivity contribution in [2.45, 2.75) is 251 Å². The number of aliphatic hydroxyl groups excluding tert-OH is 2. The third-order valence-electron chi connectivity index (χ3n) is 17.1. The summed E-state index contributed by atoms with van der Waals surface area (Å²) in [4.78, 5) is 263. The van der Waals surface area contributed by atoms with Crippen LogP contribution >= 0.6 is 0 Å². The maximum Gasteiger partial charge on any atom is 0.326 e. The first kappa shape index (κ1) is 102. The second kappa shape index (κ2) is 50.6. The highest BCUT2D eigenvalue weighted by atomic mass is 16.4. The number of aliphatic hydroxyl groups is 2. The minimum atomic E-state index is -2.01. The Morgan fingerprint density at radius 3 is 1.17 bits per heavy atom. The smallest absolute Gasteiger partial charge is 0.326 e. The molecule has 0 radical (unpaired) electrons. The van der Waals surface area contributed by atoms with E-state index in [4.69, 9.17) is 27.4 Å². The van der Waals surface area contributed by atoms with Crippen LogP contribution in [0.25, 0.3) is 0 Å². The first-order valence-electron chi connectivity index (χ1n) is 37.2. The molecule has 0 aliphatic carbocycles. The molecule has 644 valence electrons. The van der Waals surface area contributed by atoms with Crippen molar-refractivity contribution in [1.82, 2.24) is 74.4 Å². The van der Waals surface area contributed by atoms with Gasteiger partial charge in [0.25, 0.3) is 0 Å². The van der Waals surface area contributed by atoms with Gasteiger partial charge in [0.2, 0.25) is 94.5 Å². The Kier molecular flexibility index (Phi) is 44.6. The van der Waals surface area contributed by atoms with E-state index < -0.39 is 279 Å². The highest BCUT2D eigenvalue weighted by Crippen LogP contribution is 2.16. The molecule has 0 bridgehead atoms. The van der Waals surface area contributed by atoms with Crippen LogP contribution in [0.3, 0.4) is 0 Å². The number of hydrogen-bond donors (Lipinski definition) is 23. The summed E-state index contributed by atoms with van der Waals surface area (Å²) >= 11 is 0. The molecule has 15 atom stereocenters. The van der Waals surface area contributed by atoms with Gasteiger partial charge in [-0.15, -0.1) is 0 Å². The normalized spacial score (nSPS) is 15.1. The minimum absolute atomic E-state index is 0.0559. The molecule has 0 aliphatic rings. The van der Waals surface area contributed by atoms with Gasteiger partial charge in [0.05, 0.1) is 38.1 Å². The van der Waals surface area contributed by atoms with Gasteiger partial charge >= 0.3 is 23.9 Å². The van der Waals surface area contributed by atoms with Crippen LogP contribution in [0.15, 0.2) is 30.3 Å². The van der Waals surface area contributed by atoms with Crippen molar-refractivity contribution < 1.29 is 127 Å². The van der Waals surface area contributed by atoms with Gasteiger partial charge in [-0.3, -0.25) is 91.1 Å². The third-order valence-corrected chi connectivity index (χ3v) is 17.1. The number of nitrogens with one attached hydrogen (secondary N) is 14. The summed E-state index contributed by atoms with van der Waals surface area (Å²) in [6, 6.07) is -14.6. The summed E-state index contributed by atoms with van der Waals surface area (Å²) < 4.78 is 0. The molecule has 1 aromatic carbocycles. The van der Waals surface area contributed by atoms with Gasteiger partial charge in [-0.2, -0.15) is 0 Å². The molecule has 16 amide bonds. The minimum Gasteiger partial charge on any atom is -0.481 e. The maximum atomic E-state index is 14.5. The highest BCUT2D eigenvalue weighted by molar-refractivity contribution is 6.01. The van der Waals surface area contributed by atoms with Crippen molar-refractivity contribution in [3.05, 3.63) is 35.9 Å². The second-order valence-corrected chi connectivity index (χ2v) is 29.6. The lowest BCUT2D eigenvalue weighted by Gasteiger charge is -2.30. The number of carbonyl (C=O) groups is 20. The first-order valence-corrected chi connectivity index (χ1v) is 37.2. The molecule has 0 saturated heterocycles. The zero-order valence-electron chi connectivity index (χ0n) is 66.4. The standard InChI is InChI=1S/C72H115N17O26/c1-32(2)24-43(66(108)89-58(38(12)91)71(113)77-37(11)59(101)81-47(28-51(75)93)65(107)86-49(31-90)68(110)85-48(72(114)115)29-55(99)100)78-52(94)30-76-61(103)46(27-39-16-14-13-15-17-39)84-70(112)57(36(9)10)88-67(109)45(26-34(5)6)83-64(106)44(25-33(3)4)82-62(104)41(19-21-50(74)92)80-69(111)56(35(7)8)87-63(105)42(20-23-54(97)98)79-60(102)40(73)18-22-53(95)96/h13-17,32-38,40-49,56-58,90-91H,18-31,73H2,1-12H3,(H2,74,92)(H2,75,93)(H,76,103)(H,77,113)(H,78,94)(H,79,102)(H,80,111)(H,81,101)(H,82,104)(H,83,106)(H,84,112)(H,85,110)(H,86,107)(H,87,105)(H,88,109)(H,89,108)(H,95,96)(H,97,98)(H,99,100)(H,114,115)/t37-,38+,40-,41-,42-,43-,44-,45-,46-,47-,48-,49-,56-,57-,58-/m0/s1. The second-order valence-electron chi connectivity index (χ2n) is 29.6. The molecular weight excluding hydrogens is 1520 g/mol. The summed E-state index contributed by atoms with van der Waals surface area (Å²) in [7, 11) is 0. The fraction of sp³-hybridized carbons (Fsp3) is 0.639. The molecule has 26 N–H and O–H groups in total. The van der Waals surface area contributed by atoms with Gasteiger partial charge in [-0.25, -0.2) is 4.79 Å². The summed E-state index contributed by atoms with van der Waals surface area (Å²) in [5, 5.41) is 90.4. The largest absolute Gasteiger partial charge is 0.481 e. The lowest BCUT2D eigenvalue weighted by molar-refractivity contribution is -0.147. The van der Waals surface area contributed by atoms with E-state index in [1.165, 1.54) is 13.8 Å². The quantitative estimate of drug-likeness (QED) is 0.0288. The van der Waals surface area contributed by atoms with E-state index >= 15 is 0 Å². The van der Waals surface area contributed by atoms with Crippen molar-refractivity contribution in [2.24, 2.45) is 46.8 Å². The number of aliphatic carboxylic acids is 4. The van der Waals surface area contributed by atoms with Crippen molar-refractivity contribution in [2.75, 3.05) is 13.2 Å². The van der Waals surface area contributed by atoms with Gasteiger partial charge in [0.15, 0.2) is 0 Å². The first-order chi connectivity index (χ1) is 53.5. The Morgan fingerprint density at radius 2 is 0.730 bits per heavy atom. The Labute approximate surface area is 663 Å². The number of hydrogen-bond acceptors (Lipinski definition) is 23. The monoisotopic (exact) mass is 1630 g/mol. The Hall–Kier alpha value is -11.5. The van der Waals surface area contributed by atoms with Crippen LogP contribution in [0, 0.1) is 29.6 Å². The van der Waals surface area contributed by atoms with E-state index in [0.29, 0.717) is 5.56 Å². The van der Waals surface area contributed by atoms with Crippen molar-refractivity contribution >= 4 is 118 Å². The Balaban J connectivity index is 3.49. The molecule has 1 aromatic rings. The lowest BCUT2D eigenvalue weighted by Crippen LogP contribution is -2.61. The number of primary amides is 2. The van der Waals surface area contributed by atoms with Gasteiger partial charge in [-0.05, 0) is 87.5 Å². The van der Waals surface area contributed by atoms with Gasteiger partial charge in [0, 0.05) is 25.7 Å². The topological polar surface area (TPSA) is 709 Å². The third kappa shape index (κ3) is 39.2. The molecule has 0 unspecified atom stereocenters. The van der Waals surface area contributed by atoms with Gasteiger partial charge in [-0.1, -0.05) is 99.6 Å². The van der Waals surface area contributed by atoms with E-state index in [2.05, 4.69) is 63.8 Å². The van der Waals surface area contributed by atoms with Crippen LogP contribution in [0.5, 0.6) is 0 Å². The molecule has 43 nitrogen and oxygen atoms in total. The molecule has 0 fully saturated rings. The number of amides is 16. The van der Waals surface area contributed by atoms with Crippen LogP contribution in [-0.4, -0.2) is 253 Å². The molecule has 0 aromatic heterocycles. The van der Waals surface area contributed by atoms with Crippen LogP contribution in [0.4, 0.5) is 0 Å². The molecule has 0 saturated carbocycles. The van der Waals surface area contributed by atoms with E-state index in [1.54, 1.807) is 85.7 Å². The summed E-state index contributed by atoms with van der Waals surface area (Å²) in [5.41, 5.74) is 17.1. The molecule has 0 aliphatic heterocycles. The highest BCUT2D eigenvalue weighted by Gasteiger charge is 2.40. The molecule has 0 heterocycles. The zero-order valence-corrected chi connectivity index (χ0v) is 66.4. The van der Waals surface area contributed by atoms with Crippen molar-refractivity contribution in [3.8, 4) is 0 Å². The van der Waals surface area contributed by atoms with Crippen molar-refractivity contribution in [1.29, 1.82) is 0 Å². The average Bonchev–Trinajstić information content (AvgIpc) is 0.859. The molecular formula is C72H115N17O26. The van der Waals surface area contributed by atoms with E-state index in [0.717, 1.165) is 13.8 Å². The molecule has 0 spiro atoms. The van der Waals surface area contributed by atoms with E-state index in [1.807, 2.05) is 10.6 Å². The molecule has 1 rings (SSSR count). The van der Waals surface area contributed by atoms with Crippen LogP contribution in [0.1, 0.15) is 159 Å².